The number of hydrogen-bond acceptors (Lipinski definition) is 4. The van der Waals surface area contributed by atoms with E-state index >= 15 is 0 Å². The average Bonchev–Trinajstić information content (AvgIpc) is 2.51. The van der Waals surface area contributed by atoms with Gasteiger partial charge < -0.3 is 9.47 Å². The molecule has 100 valence electrons. The van der Waals surface area contributed by atoms with Gasteiger partial charge in [0.2, 0.25) is 0 Å². The number of carbonyl (C=O) groups excluding carboxylic acids is 1. The minimum atomic E-state index is -0.664. The summed E-state index contributed by atoms with van der Waals surface area (Å²) >= 11 is 0. The van der Waals surface area contributed by atoms with Crippen LogP contribution in [0, 0.1) is 11.3 Å². The summed E-state index contributed by atoms with van der Waals surface area (Å²) in [6.07, 6.45) is 1.49. The summed E-state index contributed by atoms with van der Waals surface area (Å²) in [6, 6.07) is 13.3. The number of rotatable bonds is 3. The fourth-order valence-corrected chi connectivity index (χ4v) is 1.99. The summed E-state index contributed by atoms with van der Waals surface area (Å²) in [6.45, 7) is 0. The molecule has 0 saturated heterocycles. The van der Waals surface area contributed by atoms with Crippen LogP contribution in [-0.4, -0.2) is 20.2 Å². The highest BCUT2D eigenvalue weighted by Gasteiger charge is 2.12. The zero-order valence-corrected chi connectivity index (χ0v) is 11.2. The standard InChI is InChI=1S/C16H13NO3/c1-19-15-8-7-11-5-3-4-6-13(11)14(15)9-12(10-17)16(18)20-2/h3-9H,1-2H3/b12-9+. The third kappa shape index (κ3) is 2.47. The van der Waals surface area contributed by atoms with Gasteiger partial charge in [0.15, 0.2) is 0 Å². The average molecular weight is 267 g/mol. The minimum absolute atomic E-state index is 0.0675. The molecule has 0 heterocycles. The zero-order valence-electron chi connectivity index (χ0n) is 11.2. The monoisotopic (exact) mass is 267 g/mol. The largest absolute Gasteiger partial charge is 0.496 e. The molecule has 0 atom stereocenters. The lowest BCUT2D eigenvalue weighted by molar-refractivity contribution is -0.135. The van der Waals surface area contributed by atoms with Crippen molar-refractivity contribution in [3.8, 4) is 11.8 Å². The number of hydrogen-bond donors (Lipinski definition) is 0. The Bertz CT molecular complexity index is 726. The van der Waals surface area contributed by atoms with Crippen molar-refractivity contribution >= 4 is 22.8 Å². The maximum atomic E-state index is 11.5. The van der Waals surface area contributed by atoms with E-state index in [0.717, 1.165) is 10.8 Å². The molecule has 0 N–H and O–H groups in total. The molecule has 0 spiro atoms. The Hall–Kier alpha value is -2.80. The van der Waals surface area contributed by atoms with E-state index in [1.54, 1.807) is 13.2 Å². The molecule has 4 heteroatoms. The van der Waals surface area contributed by atoms with Gasteiger partial charge in [0, 0.05) is 5.56 Å². The SMILES string of the molecule is COC(=O)/C(C#N)=C/c1c(OC)ccc2ccccc12. The minimum Gasteiger partial charge on any atom is -0.496 e. The van der Waals surface area contributed by atoms with Crippen LogP contribution in [0.1, 0.15) is 5.56 Å². The molecule has 4 nitrogen and oxygen atoms in total. The van der Waals surface area contributed by atoms with E-state index in [9.17, 15) is 4.79 Å². The lowest BCUT2D eigenvalue weighted by Gasteiger charge is -2.09. The van der Waals surface area contributed by atoms with Crippen molar-refractivity contribution in [1.82, 2.24) is 0 Å². The van der Waals surface area contributed by atoms with E-state index in [0.29, 0.717) is 11.3 Å². The Morgan fingerprint density at radius 2 is 1.95 bits per heavy atom. The molecule has 0 aliphatic heterocycles. The molecular formula is C16H13NO3. The number of ether oxygens (including phenoxy) is 2. The topological polar surface area (TPSA) is 59.3 Å². The van der Waals surface area contributed by atoms with Gasteiger partial charge in [-0.3, -0.25) is 0 Å². The van der Waals surface area contributed by atoms with E-state index in [2.05, 4.69) is 4.74 Å². The van der Waals surface area contributed by atoms with Crippen molar-refractivity contribution in [2.45, 2.75) is 0 Å². The molecule has 0 fully saturated rings. The summed E-state index contributed by atoms with van der Waals surface area (Å²) in [5, 5.41) is 11.0. The molecule has 0 bridgehead atoms. The number of fused-ring (bicyclic) bond motifs is 1. The van der Waals surface area contributed by atoms with Crippen molar-refractivity contribution in [3.63, 3.8) is 0 Å². The summed E-state index contributed by atoms with van der Waals surface area (Å²) in [5.74, 6) is -0.0668. The van der Waals surface area contributed by atoms with E-state index in [1.807, 2.05) is 36.4 Å². The highest BCUT2D eigenvalue weighted by Crippen LogP contribution is 2.30. The molecule has 2 aromatic rings. The molecular weight excluding hydrogens is 254 g/mol. The van der Waals surface area contributed by atoms with Crippen LogP contribution in [0.5, 0.6) is 5.75 Å². The summed E-state index contributed by atoms with van der Waals surface area (Å²) in [4.78, 5) is 11.5. The number of nitrogens with zero attached hydrogens (tertiary/aromatic N) is 1. The van der Waals surface area contributed by atoms with Crippen LogP contribution in [0.4, 0.5) is 0 Å². The number of carbonyl (C=O) groups is 1. The predicted octanol–water partition coefficient (Wildman–Crippen LogP) is 2.93. The zero-order chi connectivity index (χ0) is 14.5. The first-order valence-corrected chi connectivity index (χ1v) is 5.97. The molecule has 2 aromatic carbocycles. The van der Waals surface area contributed by atoms with Gasteiger partial charge in [-0.15, -0.1) is 0 Å². The number of methoxy groups -OCH3 is 2. The van der Waals surface area contributed by atoms with Gasteiger partial charge in [0.25, 0.3) is 0 Å². The van der Waals surface area contributed by atoms with Crippen LogP contribution in [0.25, 0.3) is 16.8 Å². The van der Waals surface area contributed by atoms with E-state index in [4.69, 9.17) is 10.00 Å². The van der Waals surface area contributed by atoms with Crippen LogP contribution in [0.15, 0.2) is 42.0 Å². The van der Waals surface area contributed by atoms with E-state index < -0.39 is 5.97 Å². The van der Waals surface area contributed by atoms with Crippen LogP contribution < -0.4 is 4.74 Å². The van der Waals surface area contributed by atoms with Crippen LogP contribution in [0.3, 0.4) is 0 Å². The molecule has 20 heavy (non-hydrogen) atoms. The Morgan fingerprint density at radius 3 is 2.60 bits per heavy atom. The van der Waals surface area contributed by atoms with Crippen molar-refractivity contribution in [3.05, 3.63) is 47.5 Å². The second kappa shape index (κ2) is 5.89. The molecule has 0 radical (unpaired) electrons. The molecule has 2 rings (SSSR count). The van der Waals surface area contributed by atoms with Gasteiger partial charge in [-0.25, -0.2) is 4.79 Å². The molecule has 0 aliphatic rings. The molecule has 0 amide bonds. The summed E-state index contributed by atoms with van der Waals surface area (Å²) < 4.78 is 9.90. The van der Waals surface area contributed by atoms with Gasteiger partial charge in [0.1, 0.15) is 17.4 Å². The van der Waals surface area contributed by atoms with Gasteiger partial charge in [-0.05, 0) is 22.9 Å². The Balaban J connectivity index is 2.71. The first-order valence-electron chi connectivity index (χ1n) is 5.97. The molecule has 0 aromatic heterocycles. The highest BCUT2D eigenvalue weighted by molar-refractivity contribution is 6.02. The van der Waals surface area contributed by atoms with Crippen molar-refractivity contribution in [1.29, 1.82) is 5.26 Å². The second-order valence-corrected chi connectivity index (χ2v) is 4.06. The third-order valence-electron chi connectivity index (χ3n) is 2.97. The number of benzene rings is 2. The molecule has 0 aliphatic carbocycles. The Kier molecular flexibility index (Phi) is 4.02. The lowest BCUT2D eigenvalue weighted by Crippen LogP contribution is -2.03. The van der Waals surface area contributed by atoms with E-state index in [1.165, 1.54) is 13.2 Å². The van der Waals surface area contributed by atoms with Gasteiger partial charge in [-0.1, -0.05) is 30.3 Å². The van der Waals surface area contributed by atoms with Crippen LogP contribution in [0.2, 0.25) is 0 Å². The Labute approximate surface area is 116 Å². The lowest BCUT2D eigenvalue weighted by atomic mass is 10.0. The van der Waals surface area contributed by atoms with Crippen molar-refractivity contribution in [2.24, 2.45) is 0 Å². The van der Waals surface area contributed by atoms with Crippen molar-refractivity contribution in [2.75, 3.05) is 14.2 Å². The fourth-order valence-electron chi connectivity index (χ4n) is 1.99. The van der Waals surface area contributed by atoms with Gasteiger partial charge in [0.05, 0.1) is 14.2 Å². The maximum absolute atomic E-state index is 11.5. The normalized spacial score (nSPS) is 10.9. The van der Waals surface area contributed by atoms with Crippen LogP contribution >= 0.6 is 0 Å². The molecule has 0 unspecified atom stereocenters. The Morgan fingerprint density at radius 1 is 1.20 bits per heavy atom. The summed E-state index contributed by atoms with van der Waals surface area (Å²) in [5.41, 5.74) is 0.620. The summed E-state index contributed by atoms with van der Waals surface area (Å²) in [7, 11) is 2.79. The number of nitriles is 1. The quantitative estimate of drug-likeness (QED) is 0.487. The predicted molar refractivity (Wildman–Crippen MR) is 76.1 cm³/mol. The second-order valence-electron chi connectivity index (χ2n) is 4.06. The number of esters is 1. The van der Waals surface area contributed by atoms with Gasteiger partial charge >= 0.3 is 5.97 Å². The first kappa shape index (κ1) is 13.6. The highest BCUT2D eigenvalue weighted by atomic mass is 16.5. The van der Waals surface area contributed by atoms with Gasteiger partial charge in [-0.2, -0.15) is 5.26 Å². The van der Waals surface area contributed by atoms with Crippen LogP contribution in [-0.2, 0) is 9.53 Å². The maximum Gasteiger partial charge on any atom is 0.348 e. The molecule has 0 saturated carbocycles. The first-order chi connectivity index (χ1) is 9.71. The smallest absolute Gasteiger partial charge is 0.348 e. The van der Waals surface area contributed by atoms with Crippen molar-refractivity contribution < 1.29 is 14.3 Å². The fraction of sp³-hybridized carbons (Fsp3) is 0.125. The van der Waals surface area contributed by atoms with E-state index in [-0.39, 0.29) is 5.57 Å². The third-order valence-corrected chi connectivity index (χ3v) is 2.97.